The fraction of sp³-hybridized carbons (Fsp3) is 0.406. The van der Waals surface area contributed by atoms with Gasteiger partial charge in [-0.05, 0) is 24.0 Å². The van der Waals surface area contributed by atoms with Crippen LogP contribution in [0.3, 0.4) is 0 Å². The zero-order valence-corrected chi connectivity index (χ0v) is 27.2. The van der Waals surface area contributed by atoms with Gasteiger partial charge in [-0.1, -0.05) is 74.5 Å². The molecule has 1 aliphatic heterocycles. The molecule has 5 aromatic rings. The third-order valence-electron chi connectivity index (χ3n) is 7.99. The number of nitrogens with zero attached hydrogens (tertiary/aromatic N) is 7. The third-order valence-corrected chi connectivity index (χ3v) is 9.68. The number of hydrogen-bond donors (Lipinski definition) is 4. The lowest BCUT2D eigenvalue weighted by molar-refractivity contribution is -0.0384. The number of aliphatic hydroxyl groups is 2. The van der Waals surface area contributed by atoms with Crippen LogP contribution in [-0.4, -0.2) is 77.4 Å². The first-order chi connectivity index (χ1) is 22.6. The van der Waals surface area contributed by atoms with Crippen LogP contribution in [0, 0.1) is 5.92 Å². The smallest absolute Gasteiger partial charge is 0.212 e. The Morgan fingerprint density at radius 3 is 2.23 bits per heavy atom. The van der Waals surface area contributed by atoms with Gasteiger partial charge in [-0.15, -0.1) is 0 Å². The van der Waals surface area contributed by atoms with Crippen LogP contribution >= 0.6 is 0 Å². The minimum Gasteiger partial charge on any atom is -0.387 e. The summed E-state index contributed by atoms with van der Waals surface area (Å²) in [5, 5.41) is 29.8. The molecule has 6 rings (SSSR count). The van der Waals surface area contributed by atoms with E-state index in [0.717, 1.165) is 11.1 Å². The zero-order chi connectivity index (χ0) is 33.1. The van der Waals surface area contributed by atoms with Gasteiger partial charge >= 0.3 is 0 Å². The van der Waals surface area contributed by atoms with E-state index >= 15 is 0 Å². The molecule has 1 fully saturated rings. The second-order valence-electron chi connectivity index (χ2n) is 12.0. The summed E-state index contributed by atoms with van der Waals surface area (Å²) < 4.78 is 37.2. The second kappa shape index (κ2) is 13.8. The van der Waals surface area contributed by atoms with E-state index in [2.05, 4.69) is 54.4 Å². The molecule has 3 aromatic heterocycles. The SMILES string of the molecule is CCn1cnc(C2OC(n3cnc4c(NCC(c5ccccc5)c5ccccc5)nc(CNS(=O)(=O)CC(C)C)nc43)C(O)C2O)n1. The van der Waals surface area contributed by atoms with E-state index in [0.29, 0.717) is 30.1 Å². The van der Waals surface area contributed by atoms with Crippen LogP contribution in [0.25, 0.3) is 11.2 Å². The van der Waals surface area contributed by atoms with Crippen molar-refractivity contribution in [2.75, 3.05) is 17.6 Å². The summed E-state index contributed by atoms with van der Waals surface area (Å²) in [6, 6.07) is 20.2. The summed E-state index contributed by atoms with van der Waals surface area (Å²) in [6.45, 7) is 6.43. The highest BCUT2D eigenvalue weighted by molar-refractivity contribution is 7.89. The number of aryl methyl sites for hydroxylation is 1. The average molecular weight is 662 g/mol. The third kappa shape index (κ3) is 7.18. The molecule has 4 heterocycles. The Labute approximate surface area is 272 Å². The fourth-order valence-corrected chi connectivity index (χ4v) is 7.06. The van der Waals surface area contributed by atoms with Gasteiger partial charge in [0.1, 0.15) is 24.4 Å². The molecule has 14 nitrogen and oxygen atoms in total. The number of fused-ring (bicyclic) bond motifs is 1. The molecule has 1 aliphatic rings. The molecule has 0 aliphatic carbocycles. The van der Waals surface area contributed by atoms with Gasteiger partial charge in [0.25, 0.3) is 0 Å². The molecule has 0 spiro atoms. The maximum absolute atomic E-state index is 12.7. The number of imidazole rings is 1. The molecule has 0 saturated carbocycles. The molecular weight excluding hydrogens is 622 g/mol. The van der Waals surface area contributed by atoms with Gasteiger partial charge in [-0.3, -0.25) is 9.25 Å². The summed E-state index contributed by atoms with van der Waals surface area (Å²) in [7, 11) is -3.60. The molecule has 0 bridgehead atoms. The number of aliphatic hydroxyl groups excluding tert-OH is 2. The maximum atomic E-state index is 12.7. The lowest BCUT2D eigenvalue weighted by Gasteiger charge is -2.20. The van der Waals surface area contributed by atoms with E-state index in [1.165, 1.54) is 17.2 Å². The molecule has 4 unspecified atom stereocenters. The molecule has 2 aromatic carbocycles. The quantitative estimate of drug-likeness (QED) is 0.146. The van der Waals surface area contributed by atoms with Crippen LogP contribution in [0.4, 0.5) is 5.82 Å². The van der Waals surface area contributed by atoms with E-state index < -0.39 is 34.6 Å². The van der Waals surface area contributed by atoms with Gasteiger partial charge in [-0.2, -0.15) is 5.10 Å². The number of nitrogens with one attached hydrogen (secondary N) is 2. The highest BCUT2D eigenvalue weighted by atomic mass is 32.2. The summed E-state index contributed by atoms with van der Waals surface area (Å²) in [6.07, 6.45) is -1.74. The van der Waals surface area contributed by atoms with Crippen molar-refractivity contribution >= 4 is 27.0 Å². The minimum atomic E-state index is -3.60. The minimum absolute atomic E-state index is 0.0381. The topological polar surface area (TPSA) is 182 Å². The Balaban J connectivity index is 1.35. The first kappa shape index (κ1) is 32.7. The predicted molar refractivity (Wildman–Crippen MR) is 175 cm³/mol. The van der Waals surface area contributed by atoms with Gasteiger partial charge in [0.2, 0.25) is 10.0 Å². The Kier molecular flexibility index (Phi) is 9.61. The zero-order valence-electron chi connectivity index (χ0n) is 26.4. The molecular formula is C32H39N9O5S. The van der Waals surface area contributed by atoms with E-state index in [1.807, 2.05) is 57.2 Å². The van der Waals surface area contributed by atoms with Crippen LogP contribution in [0.1, 0.15) is 61.8 Å². The molecule has 248 valence electrons. The van der Waals surface area contributed by atoms with Gasteiger partial charge in [0, 0.05) is 19.0 Å². The van der Waals surface area contributed by atoms with Crippen LogP contribution in [0.5, 0.6) is 0 Å². The van der Waals surface area contributed by atoms with E-state index in [4.69, 9.17) is 9.72 Å². The largest absolute Gasteiger partial charge is 0.387 e. The molecule has 4 N–H and O–H groups in total. The maximum Gasteiger partial charge on any atom is 0.212 e. The fourth-order valence-electron chi connectivity index (χ4n) is 5.71. The lowest BCUT2D eigenvalue weighted by atomic mass is 9.91. The van der Waals surface area contributed by atoms with E-state index in [9.17, 15) is 18.6 Å². The van der Waals surface area contributed by atoms with Crippen molar-refractivity contribution in [2.45, 2.75) is 64.3 Å². The molecule has 4 atom stereocenters. The monoisotopic (exact) mass is 661 g/mol. The molecule has 0 radical (unpaired) electrons. The van der Waals surface area contributed by atoms with E-state index in [-0.39, 0.29) is 35.8 Å². The van der Waals surface area contributed by atoms with Crippen molar-refractivity contribution in [3.8, 4) is 0 Å². The van der Waals surface area contributed by atoms with Crippen LogP contribution in [0.2, 0.25) is 0 Å². The van der Waals surface area contributed by atoms with Crippen molar-refractivity contribution in [2.24, 2.45) is 5.92 Å². The summed E-state index contributed by atoms with van der Waals surface area (Å²) in [4.78, 5) is 18.2. The standard InChI is InChI=1S/C32H39N9O5S/c1-4-40-18-35-30(39-40)28-26(42)27(43)32(46-28)41-19-34-25-29(37-24(38-31(25)41)16-36-47(44,45)17-20(2)3)33-15-23(21-11-7-5-8-12-21)22-13-9-6-10-14-22/h5-14,18-20,23,26-28,32,36,42-43H,4,15-17H2,1-3H3,(H,33,37,38). The van der Waals surface area contributed by atoms with Crippen LogP contribution in [0.15, 0.2) is 73.3 Å². The number of sulfonamides is 1. The number of rotatable bonds is 13. The summed E-state index contributed by atoms with van der Waals surface area (Å²) in [5.74, 6) is 0.673. The van der Waals surface area contributed by atoms with Gasteiger partial charge < -0.3 is 20.3 Å². The molecule has 0 amide bonds. The number of hydrogen-bond acceptors (Lipinski definition) is 11. The van der Waals surface area contributed by atoms with Crippen molar-refractivity contribution in [3.63, 3.8) is 0 Å². The number of anilines is 1. The van der Waals surface area contributed by atoms with Crippen molar-refractivity contribution < 1.29 is 23.4 Å². The number of aromatic nitrogens is 7. The van der Waals surface area contributed by atoms with Gasteiger partial charge in [0.15, 0.2) is 35.1 Å². The molecule has 15 heteroatoms. The average Bonchev–Trinajstić information content (AvgIpc) is 3.78. The second-order valence-corrected chi connectivity index (χ2v) is 13.8. The molecule has 1 saturated heterocycles. The van der Waals surface area contributed by atoms with E-state index in [1.54, 1.807) is 4.68 Å². The lowest BCUT2D eigenvalue weighted by Crippen LogP contribution is -2.30. The van der Waals surface area contributed by atoms with Crippen LogP contribution in [-0.2, 0) is 27.8 Å². The highest BCUT2D eigenvalue weighted by Gasteiger charge is 2.47. The van der Waals surface area contributed by atoms with Gasteiger partial charge in [-0.25, -0.2) is 33.1 Å². The molecule has 47 heavy (non-hydrogen) atoms. The van der Waals surface area contributed by atoms with Crippen molar-refractivity contribution in [1.82, 2.24) is 39.0 Å². The first-order valence-corrected chi connectivity index (χ1v) is 17.2. The Bertz CT molecular complexity index is 1860. The van der Waals surface area contributed by atoms with Crippen LogP contribution < -0.4 is 10.0 Å². The highest BCUT2D eigenvalue weighted by Crippen LogP contribution is 2.39. The van der Waals surface area contributed by atoms with Gasteiger partial charge in [0.05, 0.1) is 18.6 Å². The number of ether oxygens (including phenoxy) is 1. The normalized spacial score (nSPS) is 20.1. The predicted octanol–water partition coefficient (Wildman–Crippen LogP) is 2.75. The number of benzene rings is 2. The Morgan fingerprint density at radius 1 is 0.936 bits per heavy atom. The van der Waals surface area contributed by atoms with Crippen molar-refractivity contribution in [1.29, 1.82) is 0 Å². The van der Waals surface area contributed by atoms with Crippen molar-refractivity contribution in [3.05, 3.63) is 96.1 Å². The first-order valence-electron chi connectivity index (χ1n) is 15.6. The summed E-state index contributed by atoms with van der Waals surface area (Å²) in [5.41, 5.74) is 2.89. The Hall–Kier alpha value is -4.28. The Morgan fingerprint density at radius 2 is 1.62 bits per heavy atom. The summed E-state index contributed by atoms with van der Waals surface area (Å²) >= 11 is 0.